The van der Waals surface area contributed by atoms with Gasteiger partial charge in [-0.15, -0.1) is 11.8 Å². The van der Waals surface area contributed by atoms with Crippen molar-refractivity contribution in [1.29, 1.82) is 0 Å². The SMILES string of the molecule is COc1c(C)cc2c(c1O)[C@@H]1NCC(C)(C2)N2[C@H]1[C@@H]1SC[C@]3(NCCc4c3oc3ccccc43)C(=O)OC[C@H]2c2c3c(c(C)c(OC(C)=O)c21)OCO3. The number of aromatic hydroxyl groups is 1. The number of fused-ring (bicyclic) bond motifs is 8. The van der Waals surface area contributed by atoms with Gasteiger partial charge in [-0.3, -0.25) is 15.0 Å². The fourth-order valence-electron chi connectivity index (χ4n) is 10.3. The van der Waals surface area contributed by atoms with Crippen molar-refractivity contribution in [2.24, 2.45) is 0 Å². The topological polar surface area (TPSA) is 141 Å². The van der Waals surface area contributed by atoms with Crippen molar-refractivity contribution in [3.63, 3.8) is 0 Å². The zero-order chi connectivity index (χ0) is 36.6. The number of benzene rings is 3. The molecule has 276 valence electrons. The van der Waals surface area contributed by atoms with Gasteiger partial charge in [0, 0.05) is 70.6 Å². The van der Waals surface area contributed by atoms with Gasteiger partial charge in [0.25, 0.3) is 0 Å². The van der Waals surface area contributed by atoms with Gasteiger partial charge in [-0.05, 0) is 50.8 Å². The molecule has 0 amide bonds. The molecule has 9 heterocycles. The number of methoxy groups -OCH3 is 1. The minimum Gasteiger partial charge on any atom is -0.504 e. The number of piperazine rings is 1. The maximum Gasteiger partial charge on any atom is 0.335 e. The smallest absolute Gasteiger partial charge is 0.335 e. The Morgan fingerprint density at radius 3 is 2.72 bits per heavy atom. The molecule has 8 aliphatic rings. The lowest BCUT2D eigenvalue weighted by Gasteiger charge is -2.59. The second kappa shape index (κ2) is 11.5. The van der Waals surface area contributed by atoms with E-state index in [1.54, 1.807) is 18.9 Å². The molecule has 4 aromatic rings. The summed E-state index contributed by atoms with van der Waals surface area (Å²) in [5.74, 6) is 2.08. The number of para-hydroxylation sites is 1. The molecule has 0 aliphatic carbocycles. The van der Waals surface area contributed by atoms with E-state index in [4.69, 9.17) is 28.1 Å². The first-order chi connectivity index (χ1) is 25.6. The minimum atomic E-state index is -1.28. The Labute approximate surface area is 310 Å². The number of hydrogen-bond donors (Lipinski definition) is 3. The first-order valence-corrected chi connectivity index (χ1v) is 19.2. The number of aryl methyl sites for hydroxylation is 1. The van der Waals surface area contributed by atoms with Crippen LogP contribution in [0.15, 0.2) is 34.7 Å². The van der Waals surface area contributed by atoms with Gasteiger partial charge in [0.1, 0.15) is 23.7 Å². The summed E-state index contributed by atoms with van der Waals surface area (Å²) in [6.45, 7) is 8.64. The number of rotatable bonds is 2. The first-order valence-electron chi connectivity index (χ1n) is 18.2. The molecule has 2 fully saturated rings. The van der Waals surface area contributed by atoms with Crippen LogP contribution in [0.4, 0.5) is 0 Å². The van der Waals surface area contributed by atoms with Crippen molar-refractivity contribution in [3.8, 4) is 28.7 Å². The van der Waals surface area contributed by atoms with E-state index >= 15 is 0 Å². The number of nitrogens with one attached hydrogen (secondary N) is 2. The van der Waals surface area contributed by atoms with Gasteiger partial charge < -0.3 is 38.5 Å². The first kappa shape index (κ1) is 33.2. The number of carbonyl (C=O) groups excluding carboxylic acids is 2. The Morgan fingerprint density at radius 2 is 1.91 bits per heavy atom. The van der Waals surface area contributed by atoms with Gasteiger partial charge in [-0.1, -0.05) is 24.3 Å². The van der Waals surface area contributed by atoms with E-state index in [0.29, 0.717) is 60.3 Å². The maximum absolute atomic E-state index is 14.8. The predicted molar refractivity (Wildman–Crippen MR) is 195 cm³/mol. The summed E-state index contributed by atoms with van der Waals surface area (Å²) in [4.78, 5) is 30.2. The number of nitrogens with zero attached hydrogens (tertiary/aromatic N) is 1. The third-order valence-corrected chi connectivity index (χ3v) is 13.8. The Morgan fingerprint density at radius 1 is 1.09 bits per heavy atom. The van der Waals surface area contributed by atoms with Crippen LogP contribution in [0, 0.1) is 13.8 Å². The minimum absolute atomic E-state index is 0.00985. The fourth-order valence-corrected chi connectivity index (χ4v) is 11.9. The third kappa shape index (κ3) is 4.42. The second-order valence-electron chi connectivity index (χ2n) is 15.4. The van der Waals surface area contributed by atoms with Crippen molar-refractivity contribution in [2.75, 3.05) is 39.4 Å². The average molecular weight is 740 g/mol. The number of furan rings is 1. The molecule has 53 heavy (non-hydrogen) atoms. The standard InChI is InChI=1S/C40H41N3O9S/c1-18-12-21-13-39(4)15-41-29(26(21)31(45)32(18)47-5)30-36-28-27(35-34(49-17-50-35)19(2)33(28)51-20(3)44)24(43(30)39)14-48-38(46)40(16-53-36)37-23(10-11-42-40)22-8-6-7-9-25(22)52-37/h6-9,12,24,29-30,36,41-42,45H,10-11,13-17H2,1-5H3/t24-,29-,30+,36+,39?,40+/m0/s1. The fraction of sp³-hybridized carbons (Fsp3) is 0.450. The molecule has 1 spiro atoms. The number of phenols is 1. The van der Waals surface area contributed by atoms with E-state index in [9.17, 15) is 14.7 Å². The van der Waals surface area contributed by atoms with Gasteiger partial charge >= 0.3 is 11.9 Å². The molecular formula is C40H41N3O9S. The highest BCUT2D eigenvalue weighted by molar-refractivity contribution is 7.99. The zero-order valence-electron chi connectivity index (χ0n) is 30.2. The molecule has 2 unspecified atom stereocenters. The van der Waals surface area contributed by atoms with Crippen LogP contribution in [0.25, 0.3) is 11.0 Å². The Balaban J connectivity index is 1.24. The van der Waals surface area contributed by atoms with Crippen molar-refractivity contribution < 1.29 is 42.8 Å². The summed E-state index contributed by atoms with van der Waals surface area (Å²) in [6.07, 6.45) is 1.33. The van der Waals surface area contributed by atoms with E-state index in [-0.39, 0.29) is 37.0 Å². The van der Waals surface area contributed by atoms with E-state index in [1.807, 2.05) is 38.1 Å². The predicted octanol–water partition coefficient (Wildman–Crippen LogP) is 5.17. The van der Waals surface area contributed by atoms with Gasteiger partial charge in [0.05, 0.1) is 24.4 Å². The summed E-state index contributed by atoms with van der Waals surface area (Å²) in [6, 6.07) is 8.81. The largest absolute Gasteiger partial charge is 0.504 e. The molecule has 2 saturated heterocycles. The molecular weight excluding hydrogens is 699 g/mol. The quantitative estimate of drug-likeness (QED) is 0.184. The van der Waals surface area contributed by atoms with Crippen LogP contribution in [-0.4, -0.2) is 72.9 Å². The maximum atomic E-state index is 14.8. The lowest BCUT2D eigenvalue weighted by molar-refractivity contribution is -0.157. The molecule has 3 N–H and O–H groups in total. The summed E-state index contributed by atoms with van der Waals surface area (Å²) in [7, 11) is 1.58. The van der Waals surface area contributed by atoms with E-state index in [1.165, 1.54) is 6.92 Å². The summed E-state index contributed by atoms with van der Waals surface area (Å²) in [5.41, 5.74) is 4.90. The summed E-state index contributed by atoms with van der Waals surface area (Å²) >= 11 is 1.60. The normalized spacial score (nSPS) is 30.6. The molecule has 8 aliphatic heterocycles. The molecule has 4 bridgehead atoms. The molecule has 12 nitrogen and oxygen atoms in total. The summed E-state index contributed by atoms with van der Waals surface area (Å²) < 4.78 is 37.4. The van der Waals surface area contributed by atoms with E-state index < -0.39 is 34.3 Å². The third-order valence-electron chi connectivity index (χ3n) is 12.3. The highest BCUT2D eigenvalue weighted by Gasteiger charge is 2.61. The Bertz CT molecular complexity index is 2270. The molecule has 3 aromatic carbocycles. The van der Waals surface area contributed by atoms with Crippen molar-refractivity contribution >= 4 is 34.7 Å². The molecule has 12 rings (SSSR count). The lowest BCUT2D eigenvalue weighted by Crippen LogP contribution is -2.69. The van der Waals surface area contributed by atoms with Crippen LogP contribution in [0.5, 0.6) is 28.7 Å². The van der Waals surface area contributed by atoms with Crippen molar-refractivity contribution in [2.45, 2.75) is 75.0 Å². The van der Waals surface area contributed by atoms with Crippen molar-refractivity contribution in [3.05, 3.63) is 75.0 Å². The number of phenolic OH excluding ortho intramolecular Hbond substituents is 1. The molecule has 7 atom stereocenters. The Hall–Kier alpha value is -4.43. The number of carbonyl (C=O) groups is 2. The number of thioether (sulfide) groups is 1. The van der Waals surface area contributed by atoms with Gasteiger partial charge in [-0.25, -0.2) is 4.79 Å². The highest BCUT2D eigenvalue weighted by Crippen LogP contribution is 2.64. The Kier molecular flexibility index (Phi) is 7.22. The molecule has 0 saturated carbocycles. The molecule has 13 heteroatoms. The number of hydrogen-bond acceptors (Lipinski definition) is 13. The van der Waals surface area contributed by atoms with Gasteiger partial charge in [0.15, 0.2) is 28.5 Å². The van der Waals surface area contributed by atoms with Crippen molar-refractivity contribution in [1.82, 2.24) is 15.5 Å². The van der Waals surface area contributed by atoms with Crippen LogP contribution in [0.1, 0.15) is 75.9 Å². The average Bonchev–Trinajstić information content (AvgIpc) is 3.72. The van der Waals surface area contributed by atoms with Crippen LogP contribution in [0.2, 0.25) is 0 Å². The van der Waals surface area contributed by atoms with Gasteiger partial charge in [-0.2, -0.15) is 0 Å². The number of esters is 2. The molecule has 1 aromatic heterocycles. The second-order valence-corrected chi connectivity index (χ2v) is 16.5. The van der Waals surface area contributed by atoms with Crippen LogP contribution >= 0.6 is 11.8 Å². The zero-order valence-corrected chi connectivity index (χ0v) is 31.0. The summed E-state index contributed by atoms with van der Waals surface area (Å²) in [5, 5.41) is 20.0. The number of ether oxygens (including phenoxy) is 5. The van der Waals surface area contributed by atoms with Crippen LogP contribution in [-0.2, 0) is 32.7 Å². The lowest BCUT2D eigenvalue weighted by atomic mass is 9.77. The van der Waals surface area contributed by atoms with Crippen LogP contribution in [0.3, 0.4) is 0 Å². The molecule has 0 radical (unpaired) electrons. The monoisotopic (exact) mass is 739 g/mol. The van der Waals surface area contributed by atoms with E-state index in [2.05, 4.69) is 28.5 Å². The highest BCUT2D eigenvalue weighted by atomic mass is 32.2. The van der Waals surface area contributed by atoms with Crippen LogP contribution < -0.4 is 29.6 Å². The van der Waals surface area contributed by atoms with Gasteiger partial charge in [0.2, 0.25) is 6.79 Å². The van der Waals surface area contributed by atoms with E-state index in [0.717, 1.165) is 44.3 Å².